The van der Waals surface area contributed by atoms with E-state index in [0.29, 0.717) is 0 Å². The van der Waals surface area contributed by atoms with Gasteiger partial charge in [-0.25, -0.2) is 4.98 Å². The first-order valence-corrected chi connectivity index (χ1v) is 11.0. The predicted molar refractivity (Wildman–Crippen MR) is 132 cm³/mol. The van der Waals surface area contributed by atoms with Crippen LogP contribution in [0.5, 0.6) is 0 Å². The molecule has 0 aliphatic heterocycles. The van der Waals surface area contributed by atoms with Crippen LogP contribution in [-0.4, -0.2) is 15.0 Å². The highest BCUT2D eigenvalue weighted by atomic mass is 127. The maximum absolute atomic E-state index is 5.04. The van der Waals surface area contributed by atoms with E-state index < -0.39 is 0 Å². The van der Waals surface area contributed by atoms with Crippen molar-refractivity contribution in [1.82, 2.24) is 15.0 Å². The van der Waals surface area contributed by atoms with Crippen LogP contribution in [-0.2, 0) is 0 Å². The van der Waals surface area contributed by atoms with Crippen molar-refractivity contribution in [3.05, 3.63) is 86.1 Å². The highest BCUT2D eigenvalue weighted by Gasteiger charge is 2.17. The van der Waals surface area contributed by atoms with Crippen LogP contribution in [0.3, 0.4) is 0 Å². The third-order valence-corrected chi connectivity index (χ3v) is 6.10. The monoisotopic (exact) mass is 587 g/mol. The van der Waals surface area contributed by atoms with Gasteiger partial charge in [0.15, 0.2) is 0 Å². The highest BCUT2D eigenvalue weighted by Crippen LogP contribution is 2.36. The van der Waals surface area contributed by atoms with E-state index in [4.69, 9.17) is 4.98 Å². The quantitative estimate of drug-likeness (QED) is 0.218. The van der Waals surface area contributed by atoms with E-state index in [9.17, 15) is 0 Å². The fraction of sp³-hybridized carbons (Fsp3) is 0. The third-order valence-electron chi connectivity index (χ3n) is 4.76. The molecule has 28 heavy (non-hydrogen) atoms. The maximum Gasteiger partial charge on any atom is 0.140 e. The van der Waals surface area contributed by atoms with Crippen LogP contribution in [0.4, 0.5) is 0 Å². The zero-order chi connectivity index (χ0) is 19.1. The minimum atomic E-state index is 0.875. The Balaban J connectivity index is 1.75. The van der Waals surface area contributed by atoms with Gasteiger partial charge in [0.05, 0.1) is 11.4 Å². The number of nitrogens with one attached hydrogen (secondary N) is 2. The lowest BCUT2D eigenvalue weighted by molar-refractivity contribution is 1.31. The van der Waals surface area contributed by atoms with Gasteiger partial charge in [0, 0.05) is 40.9 Å². The van der Waals surface area contributed by atoms with Crippen molar-refractivity contribution in [2.75, 3.05) is 0 Å². The molecule has 136 valence electrons. The average Bonchev–Trinajstić information content (AvgIpc) is 3.32. The van der Waals surface area contributed by atoms with Crippen molar-refractivity contribution in [3.8, 4) is 33.9 Å². The molecule has 0 aliphatic carbocycles. The van der Waals surface area contributed by atoms with Crippen LogP contribution in [0.1, 0.15) is 0 Å². The second-order valence-electron chi connectivity index (χ2n) is 6.58. The Morgan fingerprint density at radius 1 is 0.750 bits per heavy atom. The van der Waals surface area contributed by atoms with Crippen LogP contribution in [0, 0.1) is 7.14 Å². The standard InChI is InChI=1S/C23H15I2N3/c24-16-7-3-5-14(11-16)21-22(15-6-4-8-17(25)12-15)28-23(27-21)19-13-26-20-10-2-1-9-18(19)20/h1-13,26H,(H,27,28). The van der Waals surface area contributed by atoms with Crippen LogP contribution in [0.15, 0.2) is 79.0 Å². The van der Waals surface area contributed by atoms with Crippen molar-refractivity contribution in [3.63, 3.8) is 0 Å². The number of hydrogen-bond donors (Lipinski definition) is 2. The number of benzene rings is 3. The number of para-hydroxylation sites is 1. The van der Waals surface area contributed by atoms with Crippen LogP contribution in [0.2, 0.25) is 0 Å². The molecule has 0 radical (unpaired) electrons. The lowest BCUT2D eigenvalue weighted by Gasteiger charge is -2.04. The molecular formula is C23H15I2N3. The van der Waals surface area contributed by atoms with Gasteiger partial charge in [-0.05, 0) is 75.5 Å². The summed E-state index contributed by atoms with van der Waals surface area (Å²) < 4.78 is 2.40. The van der Waals surface area contributed by atoms with Gasteiger partial charge in [-0.2, -0.15) is 0 Å². The second-order valence-corrected chi connectivity index (χ2v) is 9.07. The summed E-state index contributed by atoms with van der Waals surface area (Å²) in [6.45, 7) is 0. The Bertz CT molecular complexity index is 1240. The van der Waals surface area contributed by atoms with Gasteiger partial charge in [-0.1, -0.05) is 42.5 Å². The van der Waals surface area contributed by atoms with Gasteiger partial charge >= 0.3 is 0 Å². The van der Waals surface area contributed by atoms with Gasteiger partial charge in [0.2, 0.25) is 0 Å². The fourth-order valence-corrected chi connectivity index (χ4v) is 4.55. The van der Waals surface area contributed by atoms with E-state index in [1.165, 1.54) is 12.5 Å². The van der Waals surface area contributed by atoms with Crippen LogP contribution >= 0.6 is 45.2 Å². The number of aromatic nitrogens is 3. The first-order valence-electron chi connectivity index (χ1n) is 8.87. The number of halogens is 2. The molecular weight excluding hydrogens is 572 g/mol. The summed E-state index contributed by atoms with van der Waals surface area (Å²) in [5.74, 6) is 0.875. The zero-order valence-corrected chi connectivity index (χ0v) is 19.0. The Hall–Kier alpha value is -2.13. The van der Waals surface area contributed by atoms with Crippen molar-refractivity contribution in [2.45, 2.75) is 0 Å². The first kappa shape index (κ1) is 17.9. The van der Waals surface area contributed by atoms with Gasteiger partial charge in [0.1, 0.15) is 5.82 Å². The number of rotatable bonds is 3. The van der Waals surface area contributed by atoms with Crippen molar-refractivity contribution < 1.29 is 0 Å². The Morgan fingerprint density at radius 3 is 2.25 bits per heavy atom. The van der Waals surface area contributed by atoms with E-state index in [1.54, 1.807) is 0 Å². The molecule has 0 fully saturated rings. The van der Waals surface area contributed by atoms with E-state index >= 15 is 0 Å². The van der Waals surface area contributed by atoms with Gasteiger partial charge < -0.3 is 9.97 Å². The number of hydrogen-bond acceptors (Lipinski definition) is 1. The number of aromatic amines is 2. The SMILES string of the molecule is Ic1cccc(-c2nc(-c3c[nH]c4ccccc34)[nH]c2-c2cccc(I)c2)c1. The zero-order valence-electron chi connectivity index (χ0n) is 14.7. The molecule has 0 saturated carbocycles. The van der Waals surface area contributed by atoms with Gasteiger partial charge in [0.25, 0.3) is 0 Å². The van der Waals surface area contributed by atoms with Gasteiger partial charge in [-0.3, -0.25) is 0 Å². The second kappa shape index (κ2) is 7.36. The first-order chi connectivity index (χ1) is 13.7. The van der Waals surface area contributed by atoms with E-state index in [1.807, 2.05) is 12.3 Å². The molecule has 5 heteroatoms. The van der Waals surface area contributed by atoms with E-state index in [2.05, 4.69) is 122 Å². The molecule has 2 N–H and O–H groups in total. The largest absolute Gasteiger partial charge is 0.360 e. The van der Waals surface area contributed by atoms with E-state index in [0.717, 1.165) is 39.4 Å². The summed E-state index contributed by atoms with van der Waals surface area (Å²) in [7, 11) is 0. The Morgan fingerprint density at radius 2 is 1.46 bits per heavy atom. The number of imidazole rings is 1. The minimum Gasteiger partial charge on any atom is -0.360 e. The highest BCUT2D eigenvalue weighted by molar-refractivity contribution is 14.1. The lowest BCUT2D eigenvalue weighted by Crippen LogP contribution is -1.85. The molecule has 3 nitrogen and oxygen atoms in total. The van der Waals surface area contributed by atoms with E-state index in [-0.39, 0.29) is 0 Å². The summed E-state index contributed by atoms with van der Waals surface area (Å²) in [4.78, 5) is 12.0. The normalized spacial score (nSPS) is 11.2. The molecule has 0 spiro atoms. The summed E-state index contributed by atoms with van der Waals surface area (Å²) in [6.07, 6.45) is 2.03. The molecule has 5 rings (SSSR count). The average molecular weight is 587 g/mol. The molecule has 0 saturated heterocycles. The summed E-state index contributed by atoms with van der Waals surface area (Å²) >= 11 is 4.70. The summed E-state index contributed by atoms with van der Waals surface area (Å²) in [5.41, 5.74) is 6.46. The fourth-order valence-electron chi connectivity index (χ4n) is 3.47. The van der Waals surface area contributed by atoms with Crippen molar-refractivity contribution in [2.24, 2.45) is 0 Å². The number of nitrogens with zero attached hydrogens (tertiary/aromatic N) is 1. The number of H-pyrrole nitrogens is 2. The Labute approximate surface area is 189 Å². The predicted octanol–water partition coefficient (Wildman–Crippen LogP) is 7.10. The minimum absolute atomic E-state index is 0.875. The van der Waals surface area contributed by atoms with Crippen LogP contribution < -0.4 is 0 Å². The molecule has 0 atom stereocenters. The molecule has 0 bridgehead atoms. The molecule has 2 aromatic heterocycles. The van der Waals surface area contributed by atoms with Crippen LogP contribution in [0.25, 0.3) is 44.8 Å². The molecule has 2 heterocycles. The third kappa shape index (κ3) is 3.26. The lowest BCUT2D eigenvalue weighted by atomic mass is 10.1. The van der Waals surface area contributed by atoms with Crippen molar-refractivity contribution >= 4 is 56.1 Å². The van der Waals surface area contributed by atoms with Crippen molar-refractivity contribution in [1.29, 1.82) is 0 Å². The number of fused-ring (bicyclic) bond motifs is 1. The summed E-state index contributed by atoms with van der Waals surface area (Å²) in [5, 5.41) is 1.17. The van der Waals surface area contributed by atoms with Gasteiger partial charge in [-0.15, -0.1) is 0 Å². The molecule has 3 aromatic carbocycles. The molecule has 0 amide bonds. The molecule has 0 aliphatic rings. The maximum atomic E-state index is 5.04. The summed E-state index contributed by atoms with van der Waals surface area (Å²) in [6, 6.07) is 25.3. The topological polar surface area (TPSA) is 44.5 Å². The molecule has 5 aromatic rings. The smallest absolute Gasteiger partial charge is 0.140 e. The Kier molecular flexibility index (Phi) is 4.72. The molecule has 0 unspecified atom stereocenters.